The van der Waals surface area contributed by atoms with Crippen LogP contribution in [-0.4, -0.2) is 26.9 Å². The number of aromatic nitrogens is 2. The van der Waals surface area contributed by atoms with Crippen molar-refractivity contribution in [2.45, 2.75) is 52.4 Å². The van der Waals surface area contributed by atoms with Crippen molar-refractivity contribution >= 4 is 5.91 Å². The van der Waals surface area contributed by atoms with Crippen molar-refractivity contribution in [3.8, 4) is 0 Å². The molecule has 31 heavy (non-hydrogen) atoms. The normalized spacial score (nSPS) is 15.3. The van der Waals surface area contributed by atoms with Crippen LogP contribution in [0.4, 0.5) is 26.3 Å². The van der Waals surface area contributed by atoms with Crippen molar-refractivity contribution in [3.63, 3.8) is 0 Å². The first-order chi connectivity index (χ1) is 14.5. The first-order valence-electron chi connectivity index (χ1n) is 9.98. The summed E-state index contributed by atoms with van der Waals surface area (Å²) in [6, 6.07) is 1.30. The highest BCUT2D eigenvalue weighted by Crippen LogP contribution is 2.31. The first kappa shape index (κ1) is 23.1. The van der Waals surface area contributed by atoms with Gasteiger partial charge in [0.2, 0.25) is 11.7 Å². The lowest BCUT2D eigenvalue weighted by atomic mass is 9.87. The predicted octanol–water partition coefficient (Wildman–Crippen LogP) is 4.96. The molecule has 0 unspecified atom stereocenters. The van der Waals surface area contributed by atoms with E-state index in [1.54, 1.807) is 0 Å². The van der Waals surface area contributed by atoms with E-state index < -0.39 is 29.5 Å². The average Bonchev–Trinajstić information content (AvgIpc) is 3.09. The van der Waals surface area contributed by atoms with Gasteiger partial charge in [-0.15, -0.1) is 0 Å². The minimum absolute atomic E-state index is 0.00412. The zero-order chi connectivity index (χ0) is 22.9. The molecule has 1 aliphatic heterocycles. The van der Waals surface area contributed by atoms with Gasteiger partial charge >= 0.3 is 6.18 Å². The van der Waals surface area contributed by atoms with E-state index >= 15 is 0 Å². The zero-order valence-electron chi connectivity index (χ0n) is 17.1. The van der Waals surface area contributed by atoms with Crippen molar-refractivity contribution in [3.05, 3.63) is 52.9 Å². The second-order valence-electron chi connectivity index (χ2n) is 8.30. The summed E-state index contributed by atoms with van der Waals surface area (Å²) in [5, 5.41) is 0. The third kappa shape index (κ3) is 5.40. The summed E-state index contributed by atoms with van der Waals surface area (Å²) in [6.45, 7) is 3.92. The fourth-order valence-electron chi connectivity index (χ4n) is 4.03. The smallest absolute Gasteiger partial charge is 0.335 e. The number of benzene rings is 1. The van der Waals surface area contributed by atoms with Crippen LogP contribution < -0.4 is 0 Å². The van der Waals surface area contributed by atoms with Crippen LogP contribution in [-0.2, 0) is 30.5 Å². The second-order valence-corrected chi connectivity index (χ2v) is 8.30. The van der Waals surface area contributed by atoms with E-state index in [-0.39, 0.29) is 55.8 Å². The number of rotatable bonds is 6. The van der Waals surface area contributed by atoms with Gasteiger partial charge in [0.1, 0.15) is 5.82 Å². The number of hydrogen-bond donors (Lipinski definition) is 0. The molecule has 0 aliphatic carbocycles. The molecule has 1 aromatic carbocycles. The topological polar surface area (TPSA) is 38.1 Å². The molecule has 170 valence electrons. The molecule has 0 spiro atoms. The van der Waals surface area contributed by atoms with E-state index in [1.807, 2.05) is 13.8 Å². The molecule has 1 amide bonds. The number of halogens is 6. The number of carbonyl (C=O) groups excluding carboxylic acids is 1. The summed E-state index contributed by atoms with van der Waals surface area (Å²) in [7, 11) is 0. The average molecular weight is 447 g/mol. The molecule has 0 fully saturated rings. The Morgan fingerprint density at radius 2 is 1.77 bits per heavy atom. The zero-order valence-corrected chi connectivity index (χ0v) is 17.1. The number of hydrogen-bond acceptors (Lipinski definition) is 2. The van der Waals surface area contributed by atoms with Crippen LogP contribution in [0, 0.1) is 29.3 Å². The maximum Gasteiger partial charge on any atom is 0.449 e. The van der Waals surface area contributed by atoms with Crippen LogP contribution in [0.15, 0.2) is 18.3 Å². The largest absolute Gasteiger partial charge is 0.449 e. The standard InChI is InChI=1S/C21H23F6N3O/c1-12(2)5-13(6-14-8-17(23)18(24)9-16(14)22)7-19(31)29-3-4-30-15(11-29)10-28-20(30)21(25,26)27/h8-10,12-13H,3-7,11H2,1-2H3/t13-/m1/s1. The third-order valence-corrected chi connectivity index (χ3v) is 5.36. The fourth-order valence-corrected chi connectivity index (χ4v) is 4.03. The van der Waals surface area contributed by atoms with Crippen molar-refractivity contribution in [2.75, 3.05) is 6.54 Å². The molecule has 2 heterocycles. The number of imidazole rings is 1. The fraction of sp³-hybridized carbons (Fsp3) is 0.524. The highest BCUT2D eigenvalue weighted by Gasteiger charge is 2.38. The Hall–Kier alpha value is -2.52. The van der Waals surface area contributed by atoms with Crippen molar-refractivity contribution in [1.29, 1.82) is 0 Å². The lowest BCUT2D eigenvalue weighted by molar-refractivity contribution is -0.148. The molecule has 3 rings (SSSR count). The third-order valence-electron chi connectivity index (χ3n) is 5.36. The molecule has 0 saturated carbocycles. The molecule has 4 nitrogen and oxygen atoms in total. The Labute approximate surface area is 175 Å². The van der Waals surface area contributed by atoms with E-state index in [1.165, 1.54) is 4.90 Å². The van der Waals surface area contributed by atoms with E-state index in [4.69, 9.17) is 0 Å². The number of alkyl halides is 3. The Kier molecular flexibility index (Phi) is 6.66. The van der Waals surface area contributed by atoms with Crippen LogP contribution in [0.25, 0.3) is 0 Å². The predicted molar refractivity (Wildman–Crippen MR) is 100 cm³/mol. The van der Waals surface area contributed by atoms with Gasteiger partial charge in [0.15, 0.2) is 11.6 Å². The Morgan fingerprint density at radius 3 is 2.42 bits per heavy atom. The molecule has 2 aromatic rings. The van der Waals surface area contributed by atoms with E-state index in [0.29, 0.717) is 18.2 Å². The van der Waals surface area contributed by atoms with Crippen molar-refractivity contribution < 1.29 is 31.1 Å². The molecule has 10 heteroatoms. The summed E-state index contributed by atoms with van der Waals surface area (Å²) in [5.41, 5.74) is 0.280. The number of amides is 1. The van der Waals surface area contributed by atoms with Crippen molar-refractivity contribution in [1.82, 2.24) is 14.5 Å². The maximum atomic E-state index is 14.1. The van der Waals surface area contributed by atoms with Crippen LogP contribution in [0.5, 0.6) is 0 Å². The Bertz CT molecular complexity index is 953. The van der Waals surface area contributed by atoms with Gasteiger partial charge in [-0.05, 0) is 36.3 Å². The van der Waals surface area contributed by atoms with Crippen LogP contribution in [0.1, 0.15) is 43.8 Å². The van der Waals surface area contributed by atoms with Gasteiger partial charge < -0.3 is 9.47 Å². The Morgan fingerprint density at radius 1 is 1.10 bits per heavy atom. The van der Waals surface area contributed by atoms with Gasteiger partial charge in [-0.3, -0.25) is 4.79 Å². The highest BCUT2D eigenvalue weighted by atomic mass is 19.4. The van der Waals surface area contributed by atoms with Gasteiger partial charge in [0.05, 0.1) is 18.4 Å². The minimum Gasteiger partial charge on any atom is -0.335 e. The lowest BCUT2D eigenvalue weighted by Crippen LogP contribution is -2.40. The number of nitrogens with zero attached hydrogens (tertiary/aromatic N) is 3. The molecular weight excluding hydrogens is 424 g/mol. The molecule has 0 N–H and O–H groups in total. The summed E-state index contributed by atoms with van der Waals surface area (Å²) in [6.07, 6.45) is -2.83. The van der Waals surface area contributed by atoms with Gasteiger partial charge in [-0.1, -0.05) is 13.8 Å². The molecule has 0 bridgehead atoms. The quantitative estimate of drug-likeness (QED) is 0.464. The number of carbonyl (C=O) groups is 1. The van der Waals surface area contributed by atoms with E-state index in [0.717, 1.165) is 16.8 Å². The van der Waals surface area contributed by atoms with E-state index in [9.17, 15) is 31.1 Å². The van der Waals surface area contributed by atoms with Crippen molar-refractivity contribution in [2.24, 2.45) is 11.8 Å². The van der Waals surface area contributed by atoms with E-state index in [2.05, 4.69) is 4.98 Å². The van der Waals surface area contributed by atoms with Gasteiger partial charge in [0, 0.05) is 25.6 Å². The maximum absolute atomic E-state index is 14.1. The van der Waals surface area contributed by atoms with Gasteiger partial charge in [0.25, 0.3) is 0 Å². The summed E-state index contributed by atoms with van der Waals surface area (Å²) >= 11 is 0. The minimum atomic E-state index is -4.57. The molecular formula is C21H23F6N3O. The molecule has 1 aromatic heterocycles. The lowest BCUT2D eigenvalue weighted by Gasteiger charge is -2.31. The first-order valence-corrected chi connectivity index (χ1v) is 9.98. The summed E-state index contributed by atoms with van der Waals surface area (Å²) in [4.78, 5) is 17.7. The van der Waals surface area contributed by atoms with Gasteiger partial charge in [-0.2, -0.15) is 13.2 Å². The molecule has 0 radical (unpaired) electrons. The van der Waals surface area contributed by atoms with Gasteiger partial charge in [-0.25, -0.2) is 18.2 Å². The SMILES string of the molecule is CC(C)C[C@@H](CC(=O)N1CCn2c(cnc2C(F)(F)F)C1)Cc1cc(F)c(F)cc1F. The second kappa shape index (κ2) is 8.92. The Balaban J connectivity index is 1.71. The molecule has 0 saturated heterocycles. The number of fused-ring (bicyclic) bond motifs is 1. The highest BCUT2D eigenvalue weighted by molar-refractivity contribution is 5.76. The summed E-state index contributed by atoms with van der Waals surface area (Å²) < 4.78 is 80.9. The monoisotopic (exact) mass is 447 g/mol. The van der Waals surface area contributed by atoms with Crippen LogP contribution in [0.2, 0.25) is 0 Å². The molecule has 1 aliphatic rings. The summed E-state index contributed by atoms with van der Waals surface area (Å²) in [5.74, 6) is -4.73. The van der Waals surface area contributed by atoms with Crippen LogP contribution in [0.3, 0.4) is 0 Å². The molecule has 1 atom stereocenters. The van der Waals surface area contributed by atoms with Crippen LogP contribution >= 0.6 is 0 Å².